The van der Waals surface area contributed by atoms with Crippen LogP contribution in [0.15, 0.2) is 12.1 Å². The minimum atomic E-state index is 0.531. The van der Waals surface area contributed by atoms with Crippen LogP contribution in [0, 0.1) is 0 Å². The fraction of sp³-hybridized carbons (Fsp3) is 0.400. The second-order valence-electron chi connectivity index (χ2n) is 3.64. The molecule has 0 atom stereocenters. The molecule has 1 aliphatic carbocycles. The molecule has 2 aromatic rings. The van der Waals surface area contributed by atoms with E-state index in [0.29, 0.717) is 5.15 Å². The zero-order chi connectivity index (χ0) is 9.54. The van der Waals surface area contributed by atoms with Gasteiger partial charge in [-0.2, -0.15) is 5.10 Å². The van der Waals surface area contributed by atoms with Gasteiger partial charge in [0, 0.05) is 0 Å². The maximum Gasteiger partial charge on any atom is 0.154 e. The molecule has 72 valence electrons. The SMILES string of the molecule is Clc1ccc2nc3c(n2n1)CCCC3. The molecule has 0 aromatic carbocycles. The fourth-order valence-corrected chi connectivity index (χ4v) is 2.18. The third-order valence-electron chi connectivity index (χ3n) is 2.70. The zero-order valence-electron chi connectivity index (χ0n) is 7.70. The van der Waals surface area contributed by atoms with Crippen LogP contribution in [-0.2, 0) is 12.8 Å². The Balaban J connectivity index is 2.32. The van der Waals surface area contributed by atoms with E-state index in [4.69, 9.17) is 11.6 Å². The average Bonchev–Trinajstić information content (AvgIpc) is 2.56. The van der Waals surface area contributed by atoms with E-state index in [1.165, 1.54) is 24.2 Å². The second-order valence-corrected chi connectivity index (χ2v) is 4.03. The van der Waals surface area contributed by atoms with Gasteiger partial charge in [0.2, 0.25) is 0 Å². The summed E-state index contributed by atoms with van der Waals surface area (Å²) in [5.41, 5.74) is 3.36. The summed E-state index contributed by atoms with van der Waals surface area (Å²) in [6.07, 6.45) is 4.62. The van der Waals surface area contributed by atoms with Crippen molar-refractivity contribution in [2.75, 3.05) is 0 Å². The maximum absolute atomic E-state index is 5.86. The first-order valence-electron chi connectivity index (χ1n) is 4.87. The highest BCUT2D eigenvalue weighted by Gasteiger charge is 2.16. The number of hydrogen-bond donors (Lipinski definition) is 0. The van der Waals surface area contributed by atoms with Crippen molar-refractivity contribution in [3.8, 4) is 0 Å². The molecular formula is C10H10ClN3. The van der Waals surface area contributed by atoms with Gasteiger partial charge in [-0.25, -0.2) is 9.50 Å². The topological polar surface area (TPSA) is 30.2 Å². The predicted octanol–water partition coefficient (Wildman–Crippen LogP) is 2.26. The molecule has 0 amide bonds. The molecule has 0 N–H and O–H groups in total. The lowest BCUT2D eigenvalue weighted by Crippen LogP contribution is -2.05. The van der Waals surface area contributed by atoms with Crippen LogP contribution in [0.5, 0.6) is 0 Å². The summed E-state index contributed by atoms with van der Waals surface area (Å²) in [4.78, 5) is 4.54. The monoisotopic (exact) mass is 207 g/mol. The van der Waals surface area contributed by atoms with Crippen molar-refractivity contribution in [3.63, 3.8) is 0 Å². The van der Waals surface area contributed by atoms with Crippen LogP contribution in [0.3, 0.4) is 0 Å². The van der Waals surface area contributed by atoms with Crippen molar-refractivity contribution in [2.45, 2.75) is 25.7 Å². The summed E-state index contributed by atoms with van der Waals surface area (Å²) in [6, 6.07) is 3.71. The molecule has 0 spiro atoms. The van der Waals surface area contributed by atoms with Gasteiger partial charge in [0.05, 0.1) is 11.4 Å². The number of hydrogen-bond acceptors (Lipinski definition) is 2. The molecule has 3 nitrogen and oxygen atoms in total. The standard InChI is InChI=1S/C10H10ClN3/c11-9-5-6-10-12-7-3-1-2-4-8(7)14(10)13-9/h5-6H,1-4H2. The van der Waals surface area contributed by atoms with Crippen molar-refractivity contribution < 1.29 is 0 Å². The van der Waals surface area contributed by atoms with E-state index in [1.807, 2.05) is 10.6 Å². The number of aryl methyl sites for hydroxylation is 2. The van der Waals surface area contributed by atoms with Crippen LogP contribution in [-0.4, -0.2) is 14.6 Å². The lowest BCUT2D eigenvalue weighted by Gasteiger charge is -2.08. The van der Waals surface area contributed by atoms with Crippen LogP contribution in [0.2, 0.25) is 5.15 Å². The van der Waals surface area contributed by atoms with Crippen molar-refractivity contribution in [1.29, 1.82) is 0 Å². The predicted molar refractivity (Wildman–Crippen MR) is 54.6 cm³/mol. The third kappa shape index (κ3) is 1.12. The molecule has 1 aliphatic rings. The van der Waals surface area contributed by atoms with E-state index in [2.05, 4.69) is 10.1 Å². The molecule has 0 fully saturated rings. The Hall–Kier alpha value is -1.09. The van der Waals surface area contributed by atoms with Gasteiger partial charge >= 0.3 is 0 Å². The normalized spacial score (nSPS) is 15.8. The van der Waals surface area contributed by atoms with E-state index < -0.39 is 0 Å². The fourth-order valence-electron chi connectivity index (χ4n) is 2.04. The number of aromatic nitrogens is 3. The van der Waals surface area contributed by atoms with Crippen molar-refractivity contribution in [3.05, 3.63) is 28.7 Å². The Bertz CT molecular complexity index is 489. The Morgan fingerprint density at radius 3 is 3.00 bits per heavy atom. The second kappa shape index (κ2) is 2.95. The van der Waals surface area contributed by atoms with E-state index in [-0.39, 0.29) is 0 Å². The van der Waals surface area contributed by atoms with Gasteiger partial charge in [-0.05, 0) is 37.8 Å². The van der Waals surface area contributed by atoms with Crippen LogP contribution in [0.25, 0.3) is 5.65 Å². The first-order valence-corrected chi connectivity index (χ1v) is 5.25. The summed E-state index contributed by atoms with van der Waals surface area (Å²) >= 11 is 5.86. The molecule has 0 bridgehead atoms. The van der Waals surface area contributed by atoms with Gasteiger partial charge in [-0.1, -0.05) is 11.6 Å². The van der Waals surface area contributed by atoms with E-state index >= 15 is 0 Å². The molecule has 0 unspecified atom stereocenters. The van der Waals surface area contributed by atoms with Crippen LogP contribution >= 0.6 is 11.6 Å². The summed E-state index contributed by atoms with van der Waals surface area (Å²) < 4.78 is 1.89. The molecular weight excluding hydrogens is 198 g/mol. The third-order valence-corrected chi connectivity index (χ3v) is 2.90. The molecule has 3 rings (SSSR count). The van der Waals surface area contributed by atoms with E-state index in [0.717, 1.165) is 18.5 Å². The van der Waals surface area contributed by atoms with Gasteiger partial charge in [-0.3, -0.25) is 0 Å². The number of rotatable bonds is 0. The molecule has 0 saturated heterocycles. The number of nitrogens with zero attached hydrogens (tertiary/aromatic N) is 3. The van der Waals surface area contributed by atoms with Gasteiger partial charge in [0.1, 0.15) is 5.15 Å². The summed E-state index contributed by atoms with van der Waals surface area (Å²) in [5, 5.41) is 4.80. The Morgan fingerprint density at radius 1 is 1.21 bits per heavy atom. The van der Waals surface area contributed by atoms with Crippen LogP contribution < -0.4 is 0 Å². The first-order chi connectivity index (χ1) is 6.84. The summed E-state index contributed by atoms with van der Waals surface area (Å²) in [6.45, 7) is 0. The van der Waals surface area contributed by atoms with Gasteiger partial charge in [0.15, 0.2) is 5.65 Å². The molecule has 2 heterocycles. The highest BCUT2D eigenvalue weighted by atomic mass is 35.5. The van der Waals surface area contributed by atoms with Gasteiger partial charge in [-0.15, -0.1) is 0 Å². The minimum absolute atomic E-state index is 0.531. The van der Waals surface area contributed by atoms with Crippen LogP contribution in [0.4, 0.5) is 0 Å². The maximum atomic E-state index is 5.86. The van der Waals surface area contributed by atoms with Crippen molar-refractivity contribution in [1.82, 2.24) is 14.6 Å². The minimum Gasteiger partial charge on any atom is -0.232 e. The van der Waals surface area contributed by atoms with Crippen LogP contribution in [0.1, 0.15) is 24.2 Å². The quantitative estimate of drug-likeness (QED) is 0.664. The average molecular weight is 208 g/mol. The highest BCUT2D eigenvalue weighted by Crippen LogP contribution is 2.21. The smallest absolute Gasteiger partial charge is 0.154 e. The zero-order valence-corrected chi connectivity index (χ0v) is 8.46. The molecule has 4 heteroatoms. The molecule has 2 aromatic heterocycles. The summed E-state index contributed by atoms with van der Waals surface area (Å²) in [5.74, 6) is 0. The van der Waals surface area contributed by atoms with Gasteiger partial charge < -0.3 is 0 Å². The number of fused-ring (bicyclic) bond motifs is 3. The molecule has 0 aliphatic heterocycles. The highest BCUT2D eigenvalue weighted by molar-refractivity contribution is 6.29. The Kier molecular flexibility index (Phi) is 1.74. The van der Waals surface area contributed by atoms with Crippen molar-refractivity contribution in [2.24, 2.45) is 0 Å². The van der Waals surface area contributed by atoms with E-state index in [1.54, 1.807) is 6.07 Å². The number of halogens is 1. The molecule has 0 radical (unpaired) electrons. The van der Waals surface area contributed by atoms with Gasteiger partial charge in [0.25, 0.3) is 0 Å². The Morgan fingerprint density at radius 2 is 2.07 bits per heavy atom. The molecule has 0 saturated carbocycles. The summed E-state index contributed by atoms with van der Waals surface area (Å²) in [7, 11) is 0. The largest absolute Gasteiger partial charge is 0.232 e. The molecule has 14 heavy (non-hydrogen) atoms. The number of imidazole rings is 1. The van der Waals surface area contributed by atoms with Crippen molar-refractivity contribution >= 4 is 17.2 Å². The van der Waals surface area contributed by atoms with E-state index in [9.17, 15) is 0 Å². The lowest BCUT2D eigenvalue weighted by atomic mass is 10.0. The Labute approximate surface area is 86.7 Å². The lowest BCUT2D eigenvalue weighted by molar-refractivity contribution is 0.648. The first kappa shape index (κ1) is 8.24.